The Kier molecular flexibility index (Phi) is 5.42. The number of fused-ring (bicyclic) bond motifs is 1. The fraction of sp³-hybridized carbons (Fsp3) is 0.429. The van der Waals surface area contributed by atoms with E-state index in [0.29, 0.717) is 36.0 Å². The molecule has 1 aliphatic heterocycles. The SMILES string of the molecule is COc1cc(C(=O)NCCOCC(=O)O)cc2c1OCCO2. The van der Waals surface area contributed by atoms with E-state index in [9.17, 15) is 9.59 Å². The van der Waals surface area contributed by atoms with E-state index in [0.717, 1.165) is 0 Å². The van der Waals surface area contributed by atoms with E-state index in [-0.39, 0.29) is 19.1 Å². The van der Waals surface area contributed by atoms with Gasteiger partial charge in [0.15, 0.2) is 11.5 Å². The molecule has 8 nitrogen and oxygen atoms in total. The van der Waals surface area contributed by atoms with E-state index < -0.39 is 12.6 Å². The first kappa shape index (κ1) is 15.9. The van der Waals surface area contributed by atoms with Crippen molar-refractivity contribution in [2.24, 2.45) is 0 Å². The number of amides is 1. The number of aliphatic carboxylic acids is 1. The summed E-state index contributed by atoms with van der Waals surface area (Å²) in [6.45, 7) is 0.746. The Morgan fingerprint density at radius 3 is 2.82 bits per heavy atom. The van der Waals surface area contributed by atoms with Gasteiger partial charge in [-0.2, -0.15) is 0 Å². The minimum Gasteiger partial charge on any atom is -0.493 e. The van der Waals surface area contributed by atoms with Gasteiger partial charge in [-0.25, -0.2) is 4.79 Å². The van der Waals surface area contributed by atoms with Crippen molar-refractivity contribution in [1.29, 1.82) is 0 Å². The van der Waals surface area contributed by atoms with Gasteiger partial charge in [-0.05, 0) is 12.1 Å². The van der Waals surface area contributed by atoms with E-state index in [1.807, 2.05) is 0 Å². The molecule has 0 aromatic heterocycles. The van der Waals surface area contributed by atoms with Gasteiger partial charge >= 0.3 is 5.97 Å². The summed E-state index contributed by atoms with van der Waals surface area (Å²) in [6, 6.07) is 3.13. The van der Waals surface area contributed by atoms with Gasteiger partial charge in [-0.1, -0.05) is 0 Å². The lowest BCUT2D eigenvalue weighted by Crippen LogP contribution is -2.28. The van der Waals surface area contributed by atoms with Gasteiger partial charge in [-0.15, -0.1) is 0 Å². The van der Waals surface area contributed by atoms with Crippen LogP contribution in [0.5, 0.6) is 17.2 Å². The summed E-state index contributed by atoms with van der Waals surface area (Å²) in [4.78, 5) is 22.3. The van der Waals surface area contributed by atoms with Gasteiger partial charge in [0.05, 0.1) is 13.7 Å². The third-order valence-corrected chi connectivity index (χ3v) is 2.85. The molecule has 0 unspecified atom stereocenters. The predicted molar refractivity (Wildman–Crippen MR) is 74.8 cm³/mol. The average molecular weight is 311 g/mol. The fourth-order valence-electron chi connectivity index (χ4n) is 1.90. The van der Waals surface area contributed by atoms with Crippen LogP contribution >= 0.6 is 0 Å². The van der Waals surface area contributed by atoms with Crippen molar-refractivity contribution < 1.29 is 33.6 Å². The number of methoxy groups -OCH3 is 1. The molecule has 1 amide bonds. The number of benzene rings is 1. The highest BCUT2D eigenvalue weighted by molar-refractivity contribution is 5.95. The number of carbonyl (C=O) groups excluding carboxylic acids is 1. The minimum atomic E-state index is -1.05. The van der Waals surface area contributed by atoms with Gasteiger partial charge in [0.1, 0.15) is 19.8 Å². The lowest BCUT2D eigenvalue weighted by molar-refractivity contribution is -0.142. The molecule has 0 saturated heterocycles. The van der Waals surface area contributed by atoms with Crippen LogP contribution in [0.1, 0.15) is 10.4 Å². The third-order valence-electron chi connectivity index (χ3n) is 2.85. The Balaban J connectivity index is 1.96. The number of hydrogen-bond donors (Lipinski definition) is 2. The van der Waals surface area contributed by atoms with Crippen molar-refractivity contribution in [1.82, 2.24) is 5.32 Å². The Morgan fingerprint density at radius 1 is 1.32 bits per heavy atom. The molecule has 1 aromatic carbocycles. The second-order valence-electron chi connectivity index (χ2n) is 4.40. The molecule has 0 atom stereocenters. The molecule has 0 saturated carbocycles. The fourth-order valence-corrected chi connectivity index (χ4v) is 1.90. The quantitative estimate of drug-likeness (QED) is 0.698. The molecular formula is C14H17NO7. The number of carboxylic acid groups (broad SMARTS) is 1. The largest absolute Gasteiger partial charge is 0.493 e. The second-order valence-corrected chi connectivity index (χ2v) is 4.40. The van der Waals surface area contributed by atoms with Crippen LogP contribution in [0.3, 0.4) is 0 Å². The number of nitrogens with one attached hydrogen (secondary N) is 1. The first-order valence-electron chi connectivity index (χ1n) is 6.67. The van der Waals surface area contributed by atoms with Gasteiger partial charge in [0.2, 0.25) is 5.75 Å². The Labute approximate surface area is 126 Å². The Bertz CT molecular complexity index is 541. The molecule has 1 aliphatic rings. The van der Waals surface area contributed by atoms with E-state index in [2.05, 4.69) is 5.32 Å². The van der Waals surface area contributed by atoms with Crippen molar-refractivity contribution in [3.63, 3.8) is 0 Å². The summed E-state index contributed by atoms with van der Waals surface area (Å²) in [5.74, 6) is -0.0328. The number of carboxylic acids is 1. The predicted octanol–water partition coefficient (Wildman–Crippen LogP) is 0.297. The van der Waals surface area contributed by atoms with Gasteiger partial charge in [0.25, 0.3) is 5.91 Å². The van der Waals surface area contributed by atoms with Gasteiger partial charge in [-0.3, -0.25) is 4.79 Å². The summed E-state index contributed by atoms with van der Waals surface area (Å²) in [5, 5.41) is 11.0. The molecular weight excluding hydrogens is 294 g/mol. The Morgan fingerprint density at radius 2 is 2.09 bits per heavy atom. The zero-order valence-corrected chi connectivity index (χ0v) is 12.1. The zero-order chi connectivity index (χ0) is 15.9. The van der Waals surface area contributed by atoms with Crippen LogP contribution < -0.4 is 19.5 Å². The molecule has 22 heavy (non-hydrogen) atoms. The minimum absolute atomic E-state index is 0.111. The van der Waals surface area contributed by atoms with Crippen LogP contribution in [0.2, 0.25) is 0 Å². The highest BCUT2D eigenvalue weighted by atomic mass is 16.6. The molecule has 2 N–H and O–H groups in total. The van der Waals surface area contributed by atoms with Crippen molar-refractivity contribution in [2.75, 3.05) is 40.1 Å². The molecule has 8 heteroatoms. The highest BCUT2D eigenvalue weighted by Crippen LogP contribution is 2.40. The van der Waals surface area contributed by atoms with Crippen LogP contribution in [0.25, 0.3) is 0 Å². The number of rotatable bonds is 7. The van der Waals surface area contributed by atoms with Crippen molar-refractivity contribution in [2.45, 2.75) is 0 Å². The standard InChI is InChI=1S/C14H17NO7/c1-19-10-6-9(7-11-13(10)22-5-4-21-11)14(18)15-2-3-20-8-12(16)17/h6-7H,2-5,8H2,1H3,(H,15,18)(H,16,17). The molecule has 0 fully saturated rings. The molecule has 0 spiro atoms. The second kappa shape index (κ2) is 7.51. The molecule has 1 aromatic rings. The van der Waals surface area contributed by atoms with Crippen molar-refractivity contribution in [3.8, 4) is 17.2 Å². The highest BCUT2D eigenvalue weighted by Gasteiger charge is 2.20. The maximum atomic E-state index is 12.1. The van der Waals surface area contributed by atoms with E-state index >= 15 is 0 Å². The lowest BCUT2D eigenvalue weighted by Gasteiger charge is -2.21. The monoisotopic (exact) mass is 311 g/mol. The summed E-state index contributed by atoms with van der Waals surface area (Å²) in [5.41, 5.74) is 0.360. The normalized spacial score (nSPS) is 12.6. The molecule has 0 aliphatic carbocycles. The average Bonchev–Trinajstić information content (AvgIpc) is 2.52. The molecule has 1 heterocycles. The summed E-state index contributed by atoms with van der Waals surface area (Å²) < 4.78 is 20.9. The first-order chi connectivity index (χ1) is 10.6. The molecule has 0 bridgehead atoms. The lowest BCUT2D eigenvalue weighted by atomic mass is 10.1. The first-order valence-corrected chi connectivity index (χ1v) is 6.67. The zero-order valence-electron chi connectivity index (χ0n) is 12.1. The van der Waals surface area contributed by atoms with Crippen LogP contribution in [0, 0.1) is 0 Å². The maximum Gasteiger partial charge on any atom is 0.329 e. The van der Waals surface area contributed by atoms with Crippen LogP contribution in [-0.2, 0) is 9.53 Å². The smallest absolute Gasteiger partial charge is 0.329 e. The van der Waals surface area contributed by atoms with Crippen LogP contribution in [-0.4, -0.2) is 57.1 Å². The number of hydrogen-bond acceptors (Lipinski definition) is 6. The molecule has 120 valence electrons. The van der Waals surface area contributed by atoms with E-state index in [1.165, 1.54) is 7.11 Å². The Hall–Kier alpha value is -2.48. The van der Waals surface area contributed by atoms with Gasteiger partial charge < -0.3 is 29.4 Å². The number of carbonyl (C=O) groups is 2. The summed E-state index contributed by atoms with van der Waals surface area (Å²) >= 11 is 0. The molecule has 0 radical (unpaired) electrons. The maximum absolute atomic E-state index is 12.1. The van der Waals surface area contributed by atoms with Crippen molar-refractivity contribution >= 4 is 11.9 Å². The summed E-state index contributed by atoms with van der Waals surface area (Å²) in [6.07, 6.45) is 0. The van der Waals surface area contributed by atoms with Crippen molar-refractivity contribution in [3.05, 3.63) is 17.7 Å². The summed E-state index contributed by atoms with van der Waals surface area (Å²) in [7, 11) is 1.48. The van der Waals surface area contributed by atoms with Gasteiger partial charge in [0, 0.05) is 12.1 Å². The van der Waals surface area contributed by atoms with E-state index in [1.54, 1.807) is 12.1 Å². The van der Waals surface area contributed by atoms with Crippen LogP contribution in [0.4, 0.5) is 0 Å². The van der Waals surface area contributed by atoms with Crippen LogP contribution in [0.15, 0.2) is 12.1 Å². The number of ether oxygens (including phenoxy) is 4. The third kappa shape index (κ3) is 4.01. The van der Waals surface area contributed by atoms with E-state index in [4.69, 9.17) is 24.1 Å². The topological polar surface area (TPSA) is 103 Å². The molecule has 2 rings (SSSR count).